The molecule has 1 aromatic carbocycles. The van der Waals surface area contributed by atoms with Crippen LogP contribution in [0, 0.1) is 5.82 Å². The molecule has 3 heterocycles. The van der Waals surface area contributed by atoms with E-state index in [0.29, 0.717) is 27.3 Å². The first-order chi connectivity index (χ1) is 11.3. The average Bonchev–Trinajstić information content (AvgIpc) is 3.19. The highest BCUT2D eigenvalue weighted by Crippen LogP contribution is 2.28. The molecule has 0 unspecified atom stereocenters. The average molecular weight is 343 g/mol. The van der Waals surface area contributed by atoms with E-state index in [0.717, 1.165) is 5.69 Å². The monoisotopic (exact) mass is 343 g/mol. The second kappa shape index (κ2) is 6.05. The Bertz CT molecular complexity index is 932. The molecule has 8 heteroatoms. The van der Waals surface area contributed by atoms with Crippen LogP contribution in [0.25, 0.3) is 16.3 Å². The van der Waals surface area contributed by atoms with Gasteiger partial charge in [-0.15, -0.1) is 16.4 Å². The molecule has 5 nitrogen and oxygen atoms in total. The zero-order chi connectivity index (χ0) is 15.6. The number of aromatic nitrogens is 5. The van der Waals surface area contributed by atoms with E-state index in [2.05, 4.69) is 20.1 Å². The Balaban J connectivity index is 1.51. The minimum Gasteiger partial charge on any atom is -0.240 e. The Labute approximate surface area is 139 Å². The van der Waals surface area contributed by atoms with Crippen molar-refractivity contribution in [1.29, 1.82) is 0 Å². The van der Waals surface area contributed by atoms with E-state index in [1.165, 1.54) is 29.2 Å². The lowest BCUT2D eigenvalue weighted by molar-refractivity contribution is 0.631. The maximum Gasteiger partial charge on any atom is 0.253 e. The topological polar surface area (TPSA) is 56.0 Å². The summed E-state index contributed by atoms with van der Waals surface area (Å²) in [4.78, 5) is 12.9. The van der Waals surface area contributed by atoms with E-state index in [-0.39, 0.29) is 5.82 Å². The first kappa shape index (κ1) is 14.3. The number of hydrogen-bond donors (Lipinski definition) is 0. The predicted octanol–water partition coefficient (Wildman–Crippen LogP) is 3.68. The van der Waals surface area contributed by atoms with Crippen LogP contribution in [-0.4, -0.2) is 24.6 Å². The third kappa shape index (κ3) is 2.95. The second-order valence-corrected chi connectivity index (χ2v) is 6.47. The van der Waals surface area contributed by atoms with Gasteiger partial charge in [0.25, 0.3) is 5.78 Å². The van der Waals surface area contributed by atoms with Gasteiger partial charge in [-0.3, -0.25) is 0 Å². The Morgan fingerprint density at radius 3 is 2.96 bits per heavy atom. The van der Waals surface area contributed by atoms with Crippen molar-refractivity contribution in [2.45, 2.75) is 10.9 Å². The molecule has 0 bridgehead atoms. The maximum atomic E-state index is 13.8. The smallest absolute Gasteiger partial charge is 0.240 e. The van der Waals surface area contributed by atoms with E-state index >= 15 is 0 Å². The Morgan fingerprint density at radius 2 is 2.09 bits per heavy atom. The van der Waals surface area contributed by atoms with Crippen LogP contribution in [0.1, 0.15) is 5.69 Å². The first-order valence-electron chi connectivity index (χ1n) is 6.79. The van der Waals surface area contributed by atoms with Gasteiger partial charge in [0.05, 0.1) is 5.69 Å². The highest BCUT2D eigenvalue weighted by atomic mass is 32.2. The number of nitrogens with zero attached hydrogens (tertiary/aromatic N) is 5. The van der Waals surface area contributed by atoms with Gasteiger partial charge in [-0.25, -0.2) is 18.9 Å². The summed E-state index contributed by atoms with van der Waals surface area (Å²) in [6.07, 6.45) is 3.48. The van der Waals surface area contributed by atoms with Crippen molar-refractivity contribution < 1.29 is 4.39 Å². The molecule has 0 aliphatic rings. The molecule has 0 saturated heterocycles. The third-order valence-corrected chi connectivity index (χ3v) is 4.90. The molecular formula is C15H10FN5S2. The second-order valence-electron chi connectivity index (χ2n) is 4.67. The van der Waals surface area contributed by atoms with Gasteiger partial charge in [-0.2, -0.15) is 4.98 Å². The standard InChI is InChI=1S/C15H10FN5S2/c16-12-5-2-1-4-11(12)13-18-10(8-22-13)9-23-15-19-14-17-6-3-7-21(14)20-15/h1-8H,9H2. The first-order valence-corrected chi connectivity index (χ1v) is 8.65. The van der Waals surface area contributed by atoms with Crippen LogP contribution < -0.4 is 0 Å². The lowest BCUT2D eigenvalue weighted by Crippen LogP contribution is -1.87. The minimum absolute atomic E-state index is 0.255. The molecule has 0 saturated carbocycles. The molecule has 0 aliphatic heterocycles. The molecule has 0 N–H and O–H groups in total. The van der Waals surface area contributed by atoms with Crippen LogP contribution in [0.2, 0.25) is 0 Å². The Morgan fingerprint density at radius 1 is 1.17 bits per heavy atom. The van der Waals surface area contributed by atoms with Gasteiger partial charge in [-0.1, -0.05) is 23.9 Å². The third-order valence-electron chi connectivity index (χ3n) is 3.10. The molecule has 0 aliphatic carbocycles. The normalized spacial score (nSPS) is 11.2. The number of rotatable bonds is 4. The van der Waals surface area contributed by atoms with Gasteiger partial charge in [0.1, 0.15) is 10.8 Å². The molecule has 0 atom stereocenters. The van der Waals surface area contributed by atoms with Crippen LogP contribution in [0.15, 0.2) is 53.3 Å². The lowest BCUT2D eigenvalue weighted by Gasteiger charge is -1.97. The molecule has 0 radical (unpaired) electrons. The van der Waals surface area contributed by atoms with Crippen LogP contribution in [0.5, 0.6) is 0 Å². The van der Waals surface area contributed by atoms with Crippen molar-refractivity contribution in [3.8, 4) is 10.6 Å². The fraction of sp³-hybridized carbons (Fsp3) is 0.0667. The maximum absolute atomic E-state index is 13.8. The van der Waals surface area contributed by atoms with Gasteiger partial charge >= 0.3 is 0 Å². The van der Waals surface area contributed by atoms with Crippen LogP contribution in [-0.2, 0) is 5.75 Å². The fourth-order valence-electron chi connectivity index (χ4n) is 2.05. The molecular weight excluding hydrogens is 333 g/mol. The largest absolute Gasteiger partial charge is 0.253 e. The molecule has 0 amide bonds. The molecule has 0 fully saturated rings. The summed E-state index contributed by atoms with van der Waals surface area (Å²) in [5, 5.41) is 7.59. The minimum atomic E-state index is -0.255. The van der Waals surface area contributed by atoms with Gasteiger partial charge in [-0.05, 0) is 18.2 Å². The summed E-state index contributed by atoms with van der Waals surface area (Å²) in [6, 6.07) is 8.46. The fourth-order valence-corrected chi connectivity index (χ4v) is 3.71. The highest BCUT2D eigenvalue weighted by Gasteiger charge is 2.10. The van der Waals surface area contributed by atoms with E-state index in [1.807, 2.05) is 11.4 Å². The lowest BCUT2D eigenvalue weighted by atomic mass is 10.2. The van der Waals surface area contributed by atoms with E-state index in [1.54, 1.807) is 35.1 Å². The summed E-state index contributed by atoms with van der Waals surface area (Å²) >= 11 is 2.91. The van der Waals surface area contributed by atoms with E-state index < -0.39 is 0 Å². The zero-order valence-electron chi connectivity index (χ0n) is 11.8. The number of hydrogen-bond acceptors (Lipinski definition) is 6. The number of fused-ring (bicyclic) bond motifs is 1. The van der Waals surface area contributed by atoms with Crippen molar-refractivity contribution in [3.63, 3.8) is 0 Å². The number of thioether (sulfide) groups is 1. The number of thiazole rings is 1. The van der Waals surface area contributed by atoms with Crippen LogP contribution in [0.3, 0.4) is 0 Å². The molecule has 0 spiro atoms. The summed E-state index contributed by atoms with van der Waals surface area (Å²) in [5.74, 6) is 0.941. The quantitative estimate of drug-likeness (QED) is 0.529. The summed E-state index contributed by atoms with van der Waals surface area (Å²) in [5.41, 5.74) is 1.41. The van der Waals surface area contributed by atoms with Gasteiger partial charge in [0.2, 0.25) is 5.16 Å². The van der Waals surface area contributed by atoms with E-state index in [4.69, 9.17) is 0 Å². The molecule has 4 aromatic rings. The van der Waals surface area contributed by atoms with Crippen molar-refractivity contribution >= 4 is 28.9 Å². The van der Waals surface area contributed by atoms with Crippen molar-refractivity contribution in [3.05, 3.63) is 59.6 Å². The molecule has 23 heavy (non-hydrogen) atoms. The van der Waals surface area contributed by atoms with Crippen molar-refractivity contribution in [2.75, 3.05) is 0 Å². The summed E-state index contributed by atoms with van der Waals surface area (Å²) < 4.78 is 15.4. The van der Waals surface area contributed by atoms with Crippen molar-refractivity contribution in [1.82, 2.24) is 24.6 Å². The van der Waals surface area contributed by atoms with E-state index in [9.17, 15) is 4.39 Å². The molecule has 4 rings (SSSR count). The zero-order valence-corrected chi connectivity index (χ0v) is 13.4. The summed E-state index contributed by atoms with van der Waals surface area (Å²) in [7, 11) is 0. The SMILES string of the molecule is Fc1ccccc1-c1nc(CSc2nc3ncccn3n2)cs1. The number of benzene rings is 1. The Hall–Kier alpha value is -2.32. The van der Waals surface area contributed by atoms with Gasteiger partial charge in [0.15, 0.2) is 0 Å². The molecule has 3 aromatic heterocycles. The highest BCUT2D eigenvalue weighted by molar-refractivity contribution is 7.98. The Kier molecular flexibility index (Phi) is 3.76. The molecule has 114 valence electrons. The van der Waals surface area contributed by atoms with Gasteiger partial charge in [0, 0.05) is 29.1 Å². The van der Waals surface area contributed by atoms with Gasteiger partial charge < -0.3 is 0 Å². The van der Waals surface area contributed by atoms with Crippen LogP contribution >= 0.6 is 23.1 Å². The number of halogens is 1. The summed E-state index contributed by atoms with van der Waals surface area (Å²) in [6.45, 7) is 0. The van der Waals surface area contributed by atoms with Crippen LogP contribution in [0.4, 0.5) is 4.39 Å². The predicted molar refractivity (Wildman–Crippen MR) is 87.9 cm³/mol. The van der Waals surface area contributed by atoms with Crippen molar-refractivity contribution in [2.24, 2.45) is 0 Å².